The summed E-state index contributed by atoms with van der Waals surface area (Å²) in [6, 6.07) is 3.57. The van der Waals surface area contributed by atoms with Gasteiger partial charge < -0.3 is 10.1 Å². The fraction of sp³-hybridized carbons (Fsp3) is 0.625. The third-order valence-electron chi connectivity index (χ3n) is 3.11. The SMILES string of the molecule is CCCCCCCCNc1ccc(C(=O)OCC)cn1. The molecule has 4 heteroatoms. The van der Waals surface area contributed by atoms with E-state index in [0.29, 0.717) is 12.2 Å². The average molecular weight is 278 g/mol. The van der Waals surface area contributed by atoms with Gasteiger partial charge in [-0.15, -0.1) is 0 Å². The van der Waals surface area contributed by atoms with E-state index in [0.717, 1.165) is 18.8 Å². The molecule has 0 spiro atoms. The molecule has 0 bridgehead atoms. The van der Waals surface area contributed by atoms with E-state index in [4.69, 9.17) is 4.74 Å². The van der Waals surface area contributed by atoms with Gasteiger partial charge in [-0.25, -0.2) is 9.78 Å². The Balaban J connectivity index is 2.20. The number of carbonyl (C=O) groups excluding carboxylic acids is 1. The number of rotatable bonds is 10. The molecule has 1 N–H and O–H groups in total. The van der Waals surface area contributed by atoms with E-state index in [1.54, 1.807) is 19.2 Å². The smallest absolute Gasteiger partial charge is 0.339 e. The van der Waals surface area contributed by atoms with Gasteiger partial charge in [0.2, 0.25) is 0 Å². The Hall–Kier alpha value is -1.58. The highest BCUT2D eigenvalue weighted by Crippen LogP contribution is 2.08. The van der Waals surface area contributed by atoms with E-state index in [2.05, 4.69) is 17.2 Å². The Morgan fingerprint density at radius 2 is 1.90 bits per heavy atom. The summed E-state index contributed by atoms with van der Waals surface area (Å²) in [6.07, 6.45) is 9.24. The second kappa shape index (κ2) is 10.2. The summed E-state index contributed by atoms with van der Waals surface area (Å²) in [5, 5.41) is 3.27. The van der Waals surface area contributed by atoms with Crippen LogP contribution in [0.5, 0.6) is 0 Å². The molecule has 0 unspecified atom stereocenters. The van der Waals surface area contributed by atoms with Gasteiger partial charge in [0.05, 0.1) is 12.2 Å². The summed E-state index contributed by atoms with van der Waals surface area (Å²) in [7, 11) is 0. The van der Waals surface area contributed by atoms with Crippen molar-refractivity contribution in [3.05, 3.63) is 23.9 Å². The third-order valence-corrected chi connectivity index (χ3v) is 3.11. The normalized spacial score (nSPS) is 10.3. The highest BCUT2D eigenvalue weighted by Gasteiger charge is 2.06. The Morgan fingerprint density at radius 1 is 1.15 bits per heavy atom. The van der Waals surface area contributed by atoms with Crippen LogP contribution in [0.4, 0.5) is 5.82 Å². The maximum Gasteiger partial charge on any atom is 0.339 e. The topological polar surface area (TPSA) is 51.2 Å². The molecule has 1 rings (SSSR count). The van der Waals surface area contributed by atoms with Gasteiger partial charge in [-0.05, 0) is 25.5 Å². The number of pyridine rings is 1. The van der Waals surface area contributed by atoms with Crippen molar-refractivity contribution >= 4 is 11.8 Å². The number of carbonyl (C=O) groups is 1. The van der Waals surface area contributed by atoms with Gasteiger partial charge >= 0.3 is 5.97 Å². The number of unbranched alkanes of at least 4 members (excludes halogenated alkanes) is 5. The van der Waals surface area contributed by atoms with Crippen molar-refractivity contribution in [3.8, 4) is 0 Å². The number of nitrogens with one attached hydrogen (secondary N) is 1. The lowest BCUT2D eigenvalue weighted by molar-refractivity contribution is 0.0526. The second-order valence-electron chi connectivity index (χ2n) is 4.85. The van der Waals surface area contributed by atoms with E-state index in [1.807, 2.05) is 6.07 Å². The molecule has 0 fully saturated rings. The summed E-state index contributed by atoms with van der Waals surface area (Å²) in [4.78, 5) is 15.7. The van der Waals surface area contributed by atoms with Gasteiger partial charge in [0, 0.05) is 12.7 Å². The highest BCUT2D eigenvalue weighted by atomic mass is 16.5. The van der Waals surface area contributed by atoms with Crippen molar-refractivity contribution in [1.29, 1.82) is 0 Å². The lowest BCUT2D eigenvalue weighted by Gasteiger charge is -2.06. The monoisotopic (exact) mass is 278 g/mol. The van der Waals surface area contributed by atoms with Crippen LogP contribution in [0.15, 0.2) is 18.3 Å². The van der Waals surface area contributed by atoms with E-state index >= 15 is 0 Å². The Bertz CT molecular complexity index is 377. The minimum Gasteiger partial charge on any atom is -0.462 e. The first-order valence-corrected chi connectivity index (χ1v) is 7.65. The standard InChI is InChI=1S/C16H26N2O2/c1-3-5-6-7-8-9-12-17-15-11-10-14(13-18-15)16(19)20-4-2/h10-11,13H,3-9,12H2,1-2H3,(H,17,18). The predicted octanol–water partition coefficient (Wildman–Crippen LogP) is 4.03. The number of ether oxygens (including phenoxy) is 1. The minimum atomic E-state index is -0.317. The number of esters is 1. The van der Waals surface area contributed by atoms with Crippen LogP contribution in [-0.2, 0) is 4.74 Å². The quantitative estimate of drug-likeness (QED) is 0.518. The Kier molecular flexibility index (Phi) is 8.43. The summed E-state index contributed by atoms with van der Waals surface area (Å²) in [5.41, 5.74) is 0.497. The van der Waals surface area contributed by atoms with Crippen LogP contribution in [0.2, 0.25) is 0 Å². The summed E-state index contributed by atoms with van der Waals surface area (Å²) in [5.74, 6) is 0.495. The average Bonchev–Trinajstić information content (AvgIpc) is 2.47. The number of nitrogens with zero attached hydrogens (tertiary/aromatic N) is 1. The van der Waals surface area contributed by atoms with E-state index < -0.39 is 0 Å². The van der Waals surface area contributed by atoms with E-state index in [1.165, 1.54) is 32.1 Å². The summed E-state index contributed by atoms with van der Waals surface area (Å²) in [6.45, 7) is 5.34. The molecule has 0 saturated heterocycles. The van der Waals surface area contributed by atoms with Crippen LogP contribution in [0.25, 0.3) is 0 Å². The van der Waals surface area contributed by atoms with Gasteiger partial charge in [-0.1, -0.05) is 39.0 Å². The lowest BCUT2D eigenvalue weighted by atomic mass is 10.1. The number of aromatic nitrogens is 1. The predicted molar refractivity (Wildman–Crippen MR) is 82.1 cm³/mol. The minimum absolute atomic E-state index is 0.317. The number of anilines is 1. The zero-order chi connectivity index (χ0) is 14.6. The van der Waals surface area contributed by atoms with Crippen LogP contribution < -0.4 is 5.32 Å². The summed E-state index contributed by atoms with van der Waals surface area (Å²) < 4.78 is 4.91. The van der Waals surface area contributed by atoms with Crippen LogP contribution >= 0.6 is 0 Å². The third kappa shape index (κ3) is 6.55. The van der Waals surface area contributed by atoms with Crippen molar-refractivity contribution in [2.24, 2.45) is 0 Å². The Labute approximate surface area is 121 Å². The molecular formula is C16H26N2O2. The maximum atomic E-state index is 11.5. The second-order valence-corrected chi connectivity index (χ2v) is 4.85. The van der Waals surface area contributed by atoms with Gasteiger partial charge in [-0.2, -0.15) is 0 Å². The van der Waals surface area contributed by atoms with Gasteiger partial charge in [0.25, 0.3) is 0 Å². The lowest BCUT2D eigenvalue weighted by Crippen LogP contribution is -2.07. The first kappa shape index (κ1) is 16.5. The molecule has 1 heterocycles. The molecule has 0 saturated carbocycles. The van der Waals surface area contributed by atoms with Crippen molar-refractivity contribution in [2.75, 3.05) is 18.5 Å². The molecular weight excluding hydrogens is 252 g/mol. The fourth-order valence-electron chi connectivity index (χ4n) is 1.96. The Morgan fingerprint density at radius 3 is 2.55 bits per heavy atom. The zero-order valence-electron chi connectivity index (χ0n) is 12.7. The molecule has 0 aliphatic rings. The van der Waals surface area contributed by atoms with Gasteiger partial charge in [0.15, 0.2) is 0 Å². The maximum absolute atomic E-state index is 11.5. The first-order valence-electron chi connectivity index (χ1n) is 7.65. The van der Waals surface area contributed by atoms with Gasteiger partial charge in [-0.3, -0.25) is 0 Å². The number of hydrogen-bond donors (Lipinski definition) is 1. The molecule has 0 aromatic carbocycles. The molecule has 0 radical (unpaired) electrons. The largest absolute Gasteiger partial charge is 0.462 e. The molecule has 0 aliphatic carbocycles. The highest BCUT2D eigenvalue weighted by molar-refractivity contribution is 5.89. The molecule has 1 aromatic rings. The van der Waals surface area contributed by atoms with Crippen molar-refractivity contribution < 1.29 is 9.53 Å². The molecule has 0 amide bonds. The molecule has 1 aromatic heterocycles. The fourth-order valence-corrected chi connectivity index (χ4v) is 1.96. The van der Waals surface area contributed by atoms with Crippen LogP contribution in [0.1, 0.15) is 62.7 Å². The molecule has 0 atom stereocenters. The molecule has 4 nitrogen and oxygen atoms in total. The van der Waals surface area contributed by atoms with Crippen molar-refractivity contribution in [2.45, 2.75) is 52.4 Å². The molecule has 20 heavy (non-hydrogen) atoms. The van der Waals surface area contributed by atoms with Crippen LogP contribution in [0.3, 0.4) is 0 Å². The van der Waals surface area contributed by atoms with E-state index in [-0.39, 0.29) is 5.97 Å². The van der Waals surface area contributed by atoms with Crippen LogP contribution in [-0.4, -0.2) is 24.1 Å². The van der Waals surface area contributed by atoms with Crippen LogP contribution in [0, 0.1) is 0 Å². The first-order chi connectivity index (χ1) is 9.77. The summed E-state index contributed by atoms with van der Waals surface area (Å²) >= 11 is 0. The molecule has 0 aliphatic heterocycles. The number of hydrogen-bond acceptors (Lipinski definition) is 4. The van der Waals surface area contributed by atoms with Gasteiger partial charge in [0.1, 0.15) is 5.82 Å². The zero-order valence-corrected chi connectivity index (χ0v) is 12.7. The van der Waals surface area contributed by atoms with Crippen molar-refractivity contribution in [1.82, 2.24) is 4.98 Å². The van der Waals surface area contributed by atoms with Crippen molar-refractivity contribution in [3.63, 3.8) is 0 Å². The van der Waals surface area contributed by atoms with E-state index in [9.17, 15) is 4.79 Å². The molecule has 112 valence electrons.